The minimum absolute atomic E-state index is 1.01. The molecule has 0 saturated carbocycles. The SMILES string of the molecule is [CH2]CCc1ccccc1CCCCCC. The van der Waals surface area contributed by atoms with Crippen LogP contribution in [-0.2, 0) is 12.8 Å². The molecular formula is C15H23. The van der Waals surface area contributed by atoms with Crippen molar-refractivity contribution >= 4 is 0 Å². The van der Waals surface area contributed by atoms with E-state index in [0.29, 0.717) is 0 Å². The lowest BCUT2D eigenvalue weighted by atomic mass is 9.98. The van der Waals surface area contributed by atoms with Crippen LogP contribution in [0.15, 0.2) is 24.3 Å². The van der Waals surface area contributed by atoms with Gasteiger partial charge < -0.3 is 0 Å². The molecular weight excluding hydrogens is 180 g/mol. The molecule has 1 aromatic rings. The Balaban J connectivity index is 2.44. The van der Waals surface area contributed by atoms with E-state index in [2.05, 4.69) is 38.1 Å². The van der Waals surface area contributed by atoms with Crippen LogP contribution in [0.2, 0.25) is 0 Å². The first-order chi connectivity index (χ1) is 7.38. The van der Waals surface area contributed by atoms with Crippen LogP contribution in [0.25, 0.3) is 0 Å². The van der Waals surface area contributed by atoms with Crippen LogP contribution in [0.1, 0.15) is 50.2 Å². The van der Waals surface area contributed by atoms with Gasteiger partial charge in [0.2, 0.25) is 0 Å². The molecule has 0 atom stereocenters. The molecule has 1 aromatic carbocycles. The Hall–Kier alpha value is -0.780. The predicted octanol–water partition coefficient (Wildman–Crippen LogP) is 4.58. The molecule has 1 rings (SSSR count). The van der Waals surface area contributed by atoms with Crippen LogP contribution in [0, 0.1) is 6.92 Å². The van der Waals surface area contributed by atoms with Gasteiger partial charge in [-0.05, 0) is 36.8 Å². The lowest BCUT2D eigenvalue weighted by molar-refractivity contribution is 0.664. The molecule has 0 N–H and O–H groups in total. The van der Waals surface area contributed by atoms with Crippen LogP contribution in [0.4, 0.5) is 0 Å². The molecule has 0 aliphatic rings. The van der Waals surface area contributed by atoms with Crippen LogP contribution < -0.4 is 0 Å². The number of benzene rings is 1. The summed E-state index contributed by atoms with van der Waals surface area (Å²) < 4.78 is 0. The monoisotopic (exact) mass is 203 g/mol. The summed E-state index contributed by atoms with van der Waals surface area (Å²) in [6.45, 7) is 6.19. The van der Waals surface area contributed by atoms with E-state index in [-0.39, 0.29) is 0 Å². The minimum atomic E-state index is 1.01. The molecule has 0 heterocycles. The molecule has 0 saturated heterocycles. The maximum absolute atomic E-state index is 3.93. The van der Waals surface area contributed by atoms with Crippen molar-refractivity contribution in [3.05, 3.63) is 42.3 Å². The van der Waals surface area contributed by atoms with Gasteiger partial charge in [0.25, 0.3) is 0 Å². The number of aryl methyl sites for hydroxylation is 2. The first kappa shape index (κ1) is 12.3. The molecule has 0 aliphatic heterocycles. The predicted molar refractivity (Wildman–Crippen MR) is 68.0 cm³/mol. The largest absolute Gasteiger partial charge is 0.0654 e. The van der Waals surface area contributed by atoms with Crippen LogP contribution in [0.3, 0.4) is 0 Å². The quantitative estimate of drug-likeness (QED) is 0.569. The standard InChI is InChI=1S/C15H23/c1-3-5-6-7-11-15-13-9-8-12-14(15)10-4-2/h8-9,12-13H,2-7,10-11H2,1H3. The Morgan fingerprint density at radius 1 is 0.933 bits per heavy atom. The Bertz CT molecular complexity index is 262. The highest BCUT2D eigenvalue weighted by Crippen LogP contribution is 2.14. The van der Waals surface area contributed by atoms with Gasteiger partial charge in [-0.2, -0.15) is 0 Å². The van der Waals surface area contributed by atoms with E-state index in [4.69, 9.17) is 0 Å². The van der Waals surface area contributed by atoms with Crippen molar-refractivity contribution < 1.29 is 0 Å². The zero-order chi connectivity index (χ0) is 10.9. The van der Waals surface area contributed by atoms with Gasteiger partial charge in [0.15, 0.2) is 0 Å². The van der Waals surface area contributed by atoms with E-state index in [1.54, 1.807) is 0 Å². The fraction of sp³-hybridized carbons (Fsp3) is 0.533. The lowest BCUT2D eigenvalue weighted by Crippen LogP contribution is -1.94. The Morgan fingerprint density at radius 3 is 2.20 bits per heavy atom. The third kappa shape index (κ3) is 4.51. The lowest BCUT2D eigenvalue weighted by Gasteiger charge is -2.08. The summed E-state index contributed by atoms with van der Waals surface area (Å²) in [6.07, 6.45) is 8.78. The van der Waals surface area contributed by atoms with Crippen LogP contribution in [0.5, 0.6) is 0 Å². The van der Waals surface area contributed by atoms with Crippen molar-refractivity contribution in [3.63, 3.8) is 0 Å². The molecule has 0 spiro atoms. The third-order valence-corrected chi connectivity index (χ3v) is 2.86. The van der Waals surface area contributed by atoms with Crippen molar-refractivity contribution in [1.29, 1.82) is 0 Å². The molecule has 0 amide bonds. The van der Waals surface area contributed by atoms with Crippen molar-refractivity contribution in [2.45, 2.75) is 51.9 Å². The smallest absolute Gasteiger partial charge is 0.0276 e. The van der Waals surface area contributed by atoms with Gasteiger partial charge in [0.1, 0.15) is 0 Å². The Kier molecular flexibility index (Phi) is 6.15. The van der Waals surface area contributed by atoms with Gasteiger partial charge in [-0.15, -0.1) is 0 Å². The minimum Gasteiger partial charge on any atom is -0.0654 e. The molecule has 0 aromatic heterocycles. The van der Waals surface area contributed by atoms with E-state index < -0.39 is 0 Å². The first-order valence-corrected chi connectivity index (χ1v) is 6.24. The van der Waals surface area contributed by atoms with E-state index in [1.807, 2.05) is 0 Å². The maximum atomic E-state index is 3.93. The average Bonchev–Trinajstić information content (AvgIpc) is 2.27. The molecule has 0 bridgehead atoms. The van der Waals surface area contributed by atoms with Crippen molar-refractivity contribution in [2.24, 2.45) is 0 Å². The maximum Gasteiger partial charge on any atom is -0.0276 e. The molecule has 0 heteroatoms. The van der Waals surface area contributed by atoms with Gasteiger partial charge >= 0.3 is 0 Å². The third-order valence-electron chi connectivity index (χ3n) is 2.86. The Morgan fingerprint density at radius 2 is 1.60 bits per heavy atom. The van der Waals surface area contributed by atoms with Gasteiger partial charge in [-0.3, -0.25) is 0 Å². The highest BCUT2D eigenvalue weighted by atomic mass is 14.1. The molecule has 15 heavy (non-hydrogen) atoms. The average molecular weight is 203 g/mol. The molecule has 0 aliphatic carbocycles. The molecule has 1 radical (unpaired) electrons. The first-order valence-electron chi connectivity index (χ1n) is 6.24. The number of hydrogen-bond acceptors (Lipinski definition) is 0. The second-order valence-electron chi connectivity index (χ2n) is 4.18. The van der Waals surface area contributed by atoms with Crippen molar-refractivity contribution in [3.8, 4) is 0 Å². The summed E-state index contributed by atoms with van der Waals surface area (Å²) in [6, 6.07) is 8.82. The zero-order valence-corrected chi connectivity index (χ0v) is 9.97. The van der Waals surface area contributed by atoms with E-state index in [9.17, 15) is 0 Å². The van der Waals surface area contributed by atoms with E-state index in [1.165, 1.54) is 43.2 Å². The van der Waals surface area contributed by atoms with E-state index >= 15 is 0 Å². The van der Waals surface area contributed by atoms with Crippen LogP contribution in [-0.4, -0.2) is 0 Å². The zero-order valence-electron chi connectivity index (χ0n) is 9.97. The second-order valence-corrected chi connectivity index (χ2v) is 4.18. The summed E-state index contributed by atoms with van der Waals surface area (Å²) in [7, 11) is 0. The molecule has 83 valence electrons. The highest BCUT2D eigenvalue weighted by Gasteiger charge is 2.00. The van der Waals surface area contributed by atoms with Gasteiger partial charge in [-0.25, -0.2) is 0 Å². The van der Waals surface area contributed by atoms with E-state index in [0.717, 1.165) is 12.8 Å². The Labute approximate surface area is 94.7 Å². The summed E-state index contributed by atoms with van der Waals surface area (Å²) in [4.78, 5) is 0. The summed E-state index contributed by atoms with van der Waals surface area (Å²) >= 11 is 0. The van der Waals surface area contributed by atoms with Crippen molar-refractivity contribution in [1.82, 2.24) is 0 Å². The summed E-state index contributed by atoms with van der Waals surface area (Å²) in [5.41, 5.74) is 3.04. The topological polar surface area (TPSA) is 0 Å². The number of unbranched alkanes of at least 4 members (excludes halogenated alkanes) is 3. The van der Waals surface area contributed by atoms with Gasteiger partial charge in [-0.1, -0.05) is 57.4 Å². The number of hydrogen-bond donors (Lipinski definition) is 0. The normalized spacial score (nSPS) is 10.5. The van der Waals surface area contributed by atoms with Crippen LogP contribution >= 0.6 is 0 Å². The molecule has 0 nitrogen and oxygen atoms in total. The second kappa shape index (κ2) is 7.50. The molecule has 0 unspecified atom stereocenters. The highest BCUT2D eigenvalue weighted by molar-refractivity contribution is 5.27. The summed E-state index contributed by atoms with van der Waals surface area (Å²) in [5, 5.41) is 0. The fourth-order valence-corrected chi connectivity index (χ4v) is 1.98. The van der Waals surface area contributed by atoms with Gasteiger partial charge in [0.05, 0.1) is 0 Å². The number of rotatable bonds is 7. The fourth-order valence-electron chi connectivity index (χ4n) is 1.98. The van der Waals surface area contributed by atoms with Gasteiger partial charge in [0, 0.05) is 0 Å². The summed E-state index contributed by atoms with van der Waals surface area (Å²) in [5.74, 6) is 0. The van der Waals surface area contributed by atoms with Crippen molar-refractivity contribution in [2.75, 3.05) is 0 Å². The molecule has 0 fully saturated rings.